The van der Waals surface area contributed by atoms with Gasteiger partial charge in [0, 0.05) is 7.05 Å². The van der Waals surface area contributed by atoms with E-state index in [2.05, 4.69) is 5.32 Å². The maximum atomic E-state index is 10.7. The zero-order valence-corrected chi connectivity index (χ0v) is 6.56. The second kappa shape index (κ2) is 2.82. The zero-order chi connectivity index (χ0) is 7.49. The van der Waals surface area contributed by atoms with Gasteiger partial charge in [-0.3, -0.25) is 4.79 Å². The molecule has 0 heterocycles. The summed E-state index contributed by atoms with van der Waals surface area (Å²) in [6.07, 6.45) is 0. The van der Waals surface area contributed by atoms with E-state index in [0.717, 1.165) is 0 Å². The second-order valence-corrected chi connectivity index (χ2v) is 3.12. The summed E-state index contributed by atoms with van der Waals surface area (Å²) in [4.78, 5) is 10.7. The molecule has 1 amide bonds. The smallest absolute Gasteiger partial charge is 0.274 e. The van der Waals surface area contributed by atoms with Crippen molar-refractivity contribution in [3.63, 3.8) is 0 Å². The summed E-state index contributed by atoms with van der Waals surface area (Å²) in [5.41, 5.74) is 0. The molecule has 0 unspecified atom stereocenters. The van der Waals surface area contributed by atoms with Crippen LogP contribution < -0.4 is 5.32 Å². The van der Waals surface area contributed by atoms with Crippen molar-refractivity contribution < 1.29 is 9.28 Å². The number of hydrogen-bond acceptors (Lipinski definition) is 1. The first-order chi connectivity index (χ1) is 3.95. The highest BCUT2D eigenvalue weighted by Crippen LogP contribution is 1.86. The zero-order valence-electron chi connectivity index (χ0n) is 6.56. The Morgan fingerprint density at radius 1 is 1.44 bits per heavy atom. The van der Waals surface area contributed by atoms with Gasteiger partial charge in [0.1, 0.15) is 0 Å². The van der Waals surface area contributed by atoms with Crippen LogP contribution in [-0.2, 0) is 4.79 Å². The highest BCUT2D eigenvalue weighted by molar-refractivity contribution is 5.76. The van der Waals surface area contributed by atoms with Crippen molar-refractivity contribution in [3.05, 3.63) is 0 Å². The molecule has 0 aromatic carbocycles. The lowest BCUT2D eigenvalue weighted by Gasteiger charge is -2.22. The van der Waals surface area contributed by atoms with Gasteiger partial charge in [0.25, 0.3) is 5.91 Å². The van der Waals surface area contributed by atoms with Crippen LogP contribution in [0.25, 0.3) is 0 Å². The van der Waals surface area contributed by atoms with E-state index in [1.165, 1.54) is 0 Å². The third kappa shape index (κ3) is 5.30. The van der Waals surface area contributed by atoms with Crippen molar-refractivity contribution in [2.75, 3.05) is 34.7 Å². The first kappa shape index (κ1) is 8.43. The van der Waals surface area contributed by atoms with Gasteiger partial charge in [-0.2, -0.15) is 0 Å². The summed E-state index contributed by atoms with van der Waals surface area (Å²) in [6, 6.07) is 0. The highest BCUT2D eigenvalue weighted by Gasteiger charge is 2.11. The molecule has 0 rings (SSSR count). The lowest BCUT2D eigenvalue weighted by Crippen LogP contribution is -2.43. The van der Waals surface area contributed by atoms with Crippen molar-refractivity contribution in [2.24, 2.45) is 0 Å². The van der Waals surface area contributed by atoms with Crippen LogP contribution in [0.2, 0.25) is 0 Å². The number of carbonyl (C=O) groups excluding carboxylic acids is 1. The summed E-state index contributed by atoms with van der Waals surface area (Å²) in [5.74, 6) is 0.0856. The van der Waals surface area contributed by atoms with Gasteiger partial charge in [-0.25, -0.2) is 0 Å². The van der Waals surface area contributed by atoms with E-state index < -0.39 is 0 Å². The molecule has 3 heteroatoms. The Morgan fingerprint density at radius 3 is 2.00 bits per heavy atom. The van der Waals surface area contributed by atoms with Gasteiger partial charge in [0.2, 0.25) is 0 Å². The van der Waals surface area contributed by atoms with Crippen LogP contribution in [0.15, 0.2) is 0 Å². The Hall–Kier alpha value is -0.570. The van der Waals surface area contributed by atoms with Crippen molar-refractivity contribution in [3.8, 4) is 0 Å². The molecule has 0 radical (unpaired) electrons. The third-order valence-corrected chi connectivity index (χ3v) is 0.897. The molecule has 0 aliphatic rings. The molecule has 0 aromatic heterocycles. The fourth-order valence-corrected chi connectivity index (χ4v) is 0.510. The summed E-state index contributed by atoms with van der Waals surface area (Å²) < 4.78 is 0.680. The summed E-state index contributed by atoms with van der Waals surface area (Å²) in [5, 5.41) is 2.57. The van der Waals surface area contributed by atoms with E-state index in [-0.39, 0.29) is 5.91 Å². The third-order valence-electron chi connectivity index (χ3n) is 0.897. The molecule has 54 valence electrons. The number of likely N-dealkylation sites (N-methyl/N-ethyl adjacent to an activating group) is 2. The van der Waals surface area contributed by atoms with Gasteiger partial charge in [-0.15, -0.1) is 0 Å². The molecule has 0 aromatic rings. The largest absolute Gasteiger partial charge is 0.354 e. The predicted octanol–water partition coefficient (Wildman–Crippen LogP) is -0.561. The van der Waals surface area contributed by atoms with Gasteiger partial charge in [-0.1, -0.05) is 0 Å². The number of nitrogens with one attached hydrogen (secondary N) is 1. The normalized spacial score (nSPS) is 11.1. The lowest BCUT2D eigenvalue weighted by atomic mass is 10.5. The predicted molar refractivity (Wildman–Crippen MR) is 37.0 cm³/mol. The Morgan fingerprint density at radius 2 is 1.89 bits per heavy atom. The van der Waals surface area contributed by atoms with Crippen LogP contribution in [0.1, 0.15) is 0 Å². The average molecular weight is 131 g/mol. The number of quaternary nitrogens is 1. The fourth-order valence-electron chi connectivity index (χ4n) is 0.510. The molecule has 0 bridgehead atoms. The minimum absolute atomic E-state index is 0.0856. The maximum absolute atomic E-state index is 10.7. The molecule has 0 fully saturated rings. The quantitative estimate of drug-likeness (QED) is 0.500. The first-order valence-corrected chi connectivity index (χ1v) is 2.97. The fraction of sp³-hybridized carbons (Fsp3) is 0.833. The molecular weight excluding hydrogens is 116 g/mol. The van der Waals surface area contributed by atoms with E-state index in [1.54, 1.807) is 7.05 Å². The van der Waals surface area contributed by atoms with Gasteiger partial charge in [-0.05, 0) is 0 Å². The number of carbonyl (C=O) groups is 1. The maximum Gasteiger partial charge on any atom is 0.274 e. The molecule has 0 atom stereocenters. The Labute approximate surface area is 56.2 Å². The molecule has 0 aliphatic heterocycles. The Kier molecular flexibility index (Phi) is 2.65. The van der Waals surface area contributed by atoms with E-state index in [9.17, 15) is 4.79 Å². The van der Waals surface area contributed by atoms with E-state index in [1.807, 2.05) is 21.1 Å². The van der Waals surface area contributed by atoms with Gasteiger partial charge < -0.3 is 9.80 Å². The van der Waals surface area contributed by atoms with Crippen molar-refractivity contribution in [1.29, 1.82) is 0 Å². The van der Waals surface area contributed by atoms with E-state index in [0.29, 0.717) is 11.0 Å². The lowest BCUT2D eigenvalue weighted by molar-refractivity contribution is -0.862. The number of rotatable bonds is 2. The Balaban J connectivity index is 3.60. The Bertz CT molecular complexity index is 104. The number of nitrogens with zero attached hydrogens (tertiary/aromatic N) is 1. The minimum Gasteiger partial charge on any atom is -0.354 e. The number of hydrogen-bond donors (Lipinski definition) is 1. The van der Waals surface area contributed by atoms with Gasteiger partial charge in [0.15, 0.2) is 6.54 Å². The second-order valence-electron chi connectivity index (χ2n) is 3.12. The first-order valence-electron chi connectivity index (χ1n) is 2.97. The van der Waals surface area contributed by atoms with Crippen molar-refractivity contribution in [1.82, 2.24) is 5.32 Å². The van der Waals surface area contributed by atoms with Crippen LogP contribution in [0, 0.1) is 0 Å². The topological polar surface area (TPSA) is 29.1 Å². The summed E-state index contributed by atoms with van der Waals surface area (Å²) in [6.45, 7) is 0.538. The molecule has 0 saturated carbocycles. The van der Waals surface area contributed by atoms with Crippen LogP contribution in [0.5, 0.6) is 0 Å². The van der Waals surface area contributed by atoms with Crippen LogP contribution in [0.4, 0.5) is 0 Å². The van der Waals surface area contributed by atoms with Gasteiger partial charge in [0.05, 0.1) is 21.1 Å². The molecule has 0 saturated heterocycles. The van der Waals surface area contributed by atoms with E-state index in [4.69, 9.17) is 0 Å². The monoisotopic (exact) mass is 131 g/mol. The molecule has 0 spiro atoms. The molecule has 1 N–H and O–H groups in total. The van der Waals surface area contributed by atoms with Crippen molar-refractivity contribution in [2.45, 2.75) is 0 Å². The van der Waals surface area contributed by atoms with Gasteiger partial charge >= 0.3 is 0 Å². The summed E-state index contributed by atoms with van der Waals surface area (Å²) >= 11 is 0. The SMILES string of the molecule is CNC(=O)C[N+](C)(C)C. The van der Waals surface area contributed by atoms with Crippen molar-refractivity contribution >= 4 is 5.91 Å². The molecular formula is C6H15N2O+. The molecule has 0 aliphatic carbocycles. The standard InChI is InChI=1S/C6H14N2O/c1-7-6(9)5-8(2,3)4/h5H2,1-4H3/p+1. The average Bonchev–Trinajstić information content (AvgIpc) is 1.62. The highest BCUT2D eigenvalue weighted by atomic mass is 16.2. The molecule has 9 heavy (non-hydrogen) atoms. The van der Waals surface area contributed by atoms with Crippen LogP contribution in [-0.4, -0.2) is 45.1 Å². The minimum atomic E-state index is 0.0856. The summed E-state index contributed by atoms with van der Waals surface area (Å²) in [7, 11) is 7.59. The molecule has 3 nitrogen and oxygen atoms in total. The number of amides is 1. The van der Waals surface area contributed by atoms with Crippen LogP contribution in [0.3, 0.4) is 0 Å². The van der Waals surface area contributed by atoms with Crippen LogP contribution >= 0.6 is 0 Å². The van der Waals surface area contributed by atoms with E-state index >= 15 is 0 Å².